The number of nitrogens with zero attached hydrogens (tertiary/aromatic N) is 2. The number of likely N-dealkylation sites (N-methyl/N-ethyl adjacent to an activating group) is 1. The predicted octanol–water partition coefficient (Wildman–Crippen LogP) is -0.310. The molecule has 2 heterocycles. The number of amides is 1. The summed E-state index contributed by atoms with van der Waals surface area (Å²) in [6, 6.07) is 0.300. The first-order chi connectivity index (χ1) is 8.24. The third-order valence-electron chi connectivity index (χ3n) is 3.74. The predicted molar refractivity (Wildman–Crippen MR) is 63.7 cm³/mol. The molecule has 0 bridgehead atoms. The molecule has 0 aromatic rings. The van der Waals surface area contributed by atoms with Gasteiger partial charge in [-0.05, 0) is 25.9 Å². The van der Waals surface area contributed by atoms with E-state index >= 15 is 0 Å². The van der Waals surface area contributed by atoms with Crippen LogP contribution in [0.3, 0.4) is 0 Å². The number of carbonyl (C=O) groups excluding carboxylic acids is 1. The van der Waals surface area contributed by atoms with E-state index in [1.807, 2.05) is 4.90 Å². The maximum Gasteiger partial charge on any atom is 0.248 e. The minimum atomic E-state index is -0.204. The highest BCUT2D eigenvalue weighted by Gasteiger charge is 2.33. The summed E-state index contributed by atoms with van der Waals surface area (Å²) in [6.45, 7) is 5.94. The van der Waals surface area contributed by atoms with E-state index in [1.165, 1.54) is 0 Å². The molecule has 2 fully saturated rings. The SMILES string of the molecule is CCN1CCCC(N2CC(CO)OCC2=O)C1. The summed E-state index contributed by atoms with van der Waals surface area (Å²) in [5.74, 6) is 0.0673. The zero-order valence-electron chi connectivity index (χ0n) is 10.5. The van der Waals surface area contributed by atoms with Crippen molar-refractivity contribution in [2.24, 2.45) is 0 Å². The van der Waals surface area contributed by atoms with Crippen LogP contribution in [0.15, 0.2) is 0 Å². The average molecular weight is 242 g/mol. The summed E-state index contributed by atoms with van der Waals surface area (Å²) in [5.41, 5.74) is 0. The third-order valence-corrected chi connectivity index (χ3v) is 3.74. The molecule has 0 saturated carbocycles. The van der Waals surface area contributed by atoms with E-state index in [4.69, 9.17) is 9.84 Å². The molecule has 1 amide bonds. The number of morpholine rings is 1. The van der Waals surface area contributed by atoms with E-state index in [0.29, 0.717) is 12.6 Å². The molecule has 2 saturated heterocycles. The molecule has 98 valence electrons. The van der Waals surface area contributed by atoms with E-state index in [9.17, 15) is 4.79 Å². The highest BCUT2D eigenvalue weighted by molar-refractivity contribution is 5.78. The van der Waals surface area contributed by atoms with E-state index in [1.54, 1.807) is 0 Å². The van der Waals surface area contributed by atoms with E-state index in [2.05, 4.69) is 11.8 Å². The van der Waals surface area contributed by atoms with Crippen LogP contribution in [0.25, 0.3) is 0 Å². The summed E-state index contributed by atoms with van der Waals surface area (Å²) in [5, 5.41) is 9.12. The van der Waals surface area contributed by atoms with Crippen molar-refractivity contribution in [3.63, 3.8) is 0 Å². The fourth-order valence-corrected chi connectivity index (χ4v) is 2.68. The molecule has 2 aliphatic heterocycles. The largest absolute Gasteiger partial charge is 0.394 e. The highest BCUT2D eigenvalue weighted by Crippen LogP contribution is 2.19. The lowest BCUT2D eigenvalue weighted by Gasteiger charge is -2.42. The molecule has 0 spiro atoms. The molecule has 0 radical (unpaired) electrons. The molecule has 1 N–H and O–H groups in total. The summed E-state index contributed by atoms with van der Waals surface area (Å²) < 4.78 is 5.26. The topological polar surface area (TPSA) is 53.0 Å². The van der Waals surface area contributed by atoms with Crippen LogP contribution < -0.4 is 0 Å². The van der Waals surface area contributed by atoms with Gasteiger partial charge in [0.25, 0.3) is 0 Å². The Kier molecular flexibility index (Phi) is 4.36. The highest BCUT2D eigenvalue weighted by atomic mass is 16.5. The fourth-order valence-electron chi connectivity index (χ4n) is 2.68. The van der Waals surface area contributed by atoms with Crippen molar-refractivity contribution in [3.8, 4) is 0 Å². The summed E-state index contributed by atoms with van der Waals surface area (Å²) >= 11 is 0. The first-order valence-electron chi connectivity index (χ1n) is 6.49. The van der Waals surface area contributed by atoms with E-state index in [-0.39, 0.29) is 25.2 Å². The van der Waals surface area contributed by atoms with Crippen LogP contribution in [0, 0.1) is 0 Å². The Bertz CT molecular complexity index is 272. The molecule has 2 rings (SSSR count). The van der Waals surface area contributed by atoms with Crippen molar-refractivity contribution in [1.29, 1.82) is 0 Å². The maximum atomic E-state index is 11.9. The average Bonchev–Trinajstić information content (AvgIpc) is 2.39. The quantitative estimate of drug-likeness (QED) is 0.737. The van der Waals surface area contributed by atoms with E-state index < -0.39 is 0 Å². The molecule has 2 unspecified atom stereocenters. The van der Waals surface area contributed by atoms with Crippen LogP contribution in [-0.2, 0) is 9.53 Å². The van der Waals surface area contributed by atoms with Gasteiger partial charge < -0.3 is 19.6 Å². The summed E-state index contributed by atoms with van der Waals surface area (Å²) in [7, 11) is 0. The Labute approximate surface area is 102 Å². The standard InChI is InChI=1S/C12H22N2O3/c1-2-13-5-3-4-10(6-13)14-7-11(8-15)17-9-12(14)16/h10-11,15H,2-9H2,1H3. The number of rotatable bonds is 3. The van der Waals surface area contributed by atoms with Gasteiger partial charge in [-0.3, -0.25) is 4.79 Å². The van der Waals surface area contributed by atoms with Crippen LogP contribution in [0.4, 0.5) is 0 Å². The number of aliphatic hydroxyl groups is 1. The first kappa shape index (κ1) is 12.8. The third kappa shape index (κ3) is 2.97. The molecular weight excluding hydrogens is 220 g/mol. The Hall–Kier alpha value is -0.650. The second-order valence-electron chi connectivity index (χ2n) is 4.85. The molecule has 2 aliphatic rings. The second kappa shape index (κ2) is 5.80. The van der Waals surface area contributed by atoms with Gasteiger partial charge in [0.2, 0.25) is 5.91 Å². The second-order valence-corrected chi connectivity index (χ2v) is 4.85. The minimum Gasteiger partial charge on any atom is -0.394 e. The van der Waals surface area contributed by atoms with Gasteiger partial charge in [-0.25, -0.2) is 0 Å². The maximum absolute atomic E-state index is 11.9. The number of ether oxygens (including phenoxy) is 1. The van der Waals surface area contributed by atoms with Crippen molar-refractivity contribution >= 4 is 5.91 Å². The minimum absolute atomic E-state index is 0.00596. The van der Waals surface area contributed by atoms with Crippen LogP contribution >= 0.6 is 0 Å². The van der Waals surface area contributed by atoms with Crippen molar-refractivity contribution in [1.82, 2.24) is 9.80 Å². The first-order valence-corrected chi connectivity index (χ1v) is 6.49. The number of aliphatic hydroxyl groups excluding tert-OH is 1. The molecular formula is C12H22N2O3. The van der Waals surface area contributed by atoms with Gasteiger partial charge >= 0.3 is 0 Å². The van der Waals surface area contributed by atoms with Gasteiger partial charge in [-0.1, -0.05) is 6.92 Å². The normalized spacial score (nSPS) is 31.9. The van der Waals surface area contributed by atoms with Gasteiger partial charge in [-0.2, -0.15) is 0 Å². The zero-order chi connectivity index (χ0) is 12.3. The lowest BCUT2D eigenvalue weighted by molar-refractivity contribution is -0.156. The van der Waals surface area contributed by atoms with Crippen LogP contribution in [0.5, 0.6) is 0 Å². The molecule has 5 heteroatoms. The van der Waals surface area contributed by atoms with Gasteiger partial charge in [-0.15, -0.1) is 0 Å². The van der Waals surface area contributed by atoms with Gasteiger partial charge in [0.1, 0.15) is 6.61 Å². The number of hydrogen-bond donors (Lipinski definition) is 1. The van der Waals surface area contributed by atoms with Crippen LogP contribution in [0.1, 0.15) is 19.8 Å². The van der Waals surface area contributed by atoms with Crippen molar-refractivity contribution in [3.05, 3.63) is 0 Å². The molecule has 0 aromatic heterocycles. The van der Waals surface area contributed by atoms with Crippen molar-refractivity contribution in [2.75, 3.05) is 39.4 Å². The molecule has 2 atom stereocenters. The fraction of sp³-hybridized carbons (Fsp3) is 0.917. The lowest BCUT2D eigenvalue weighted by atomic mass is 10.0. The van der Waals surface area contributed by atoms with E-state index in [0.717, 1.165) is 32.5 Å². The lowest BCUT2D eigenvalue weighted by Crippen LogP contribution is -2.56. The zero-order valence-corrected chi connectivity index (χ0v) is 10.5. The molecule has 0 aromatic carbocycles. The molecule has 5 nitrogen and oxygen atoms in total. The smallest absolute Gasteiger partial charge is 0.248 e. The Morgan fingerprint density at radius 2 is 2.29 bits per heavy atom. The number of carbonyl (C=O) groups is 1. The van der Waals surface area contributed by atoms with Gasteiger partial charge in [0.05, 0.1) is 12.7 Å². The van der Waals surface area contributed by atoms with Crippen molar-refractivity contribution in [2.45, 2.75) is 31.9 Å². The van der Waals surface area contributed by atoms with Crippen molar-refractivity contribution < 1.29 is 14.6 Å². The van der Waals surface area contributed by atoms with Crippen LogP contribution in [-0.4, -0.2) is 72.4 Å². The molecule has 17 heavy (non-hydrogen) atoms. The number of likely N-dealkylation sites (tertiary alicyclic amines) is 1. The Morgan fingerprint density at radius 3 is 3.00 bits per heavy atom. The Balaban J connectivity index is 1.96. The summed E-state index contributed by atoms with van der Waals surface area (Å²) in [4.78, 5) is 16.1. The van der Waals surface area contributed by atoms with Gasteiger partial charge in [0.15, 0.2) is 0 Å². The molecule has 0 aliphatic carbocycles. The number of piperidine rings is 1. The Morgan fingerprint density at radius 1 is 1.47 bits per heavy atom. The number of hydrogen-bond acceptors (Lipinski definition) is 4. The monoisotopic (exact) mass is 242 g/mol. The van der Waals surface area contributed by atoms with Gasteiger partial charge in [0, 0.05) is 19.1 Å². The summed E-state index contributed by atoms with van der Waals surface area (Å²) in [6.07, 6.45) is 2.01. The van der Waals surface area contributed by atoms with Crippen LogP contribution in [0.2, 0.25) is 0 Å².